The SMILES string of the molecule is CC(C)(C)OC(=O)CCCCc1cccc(-c2cccc(O/C3=C/C(=O)CCCc4ccccc43)c2)c1. The molecule has 0 heterocycles. The van der Waals surface area contributed by atoms with Crippen molar-refractivity contribution in [3.05, 3.63) is 95.6 Å². The van der Waals surface area contributed by atoms with E-state index in [2.05, 4.69) is 36.4 Å². The first-order valence-electron chi connectivity index (χ1n) is 13.2. The minimum atomic E-state index is -0.436. The Labute approximate surface area is 220 Å². The van der Waals surface area contributed by atoms with E-state index in [4.69, 9.17) is 9.47 Å². The largest absolute Gasteiger partial charge is 0.460 e. The summed E-state index contributed by atoms with van der Waals surface area (Å²) in [6, 6.07) is 24.6. The second kappa shape index (κ2) is 12.1. The van der Waals surface area contributed by atoms with Crippen LogP contribution in [0.2, 0.25) is 0 Å². The Morgan fingerprint density at radius 3 is 2.43 bits per heavy atom. The van der Waals surface area contributed by atoms with Gasteiger partial charge < -0.3 is 9.47 Å². The standard InChI is InChI=1S/C33H36O4/c1-33(2,3)37-32(35)20-7-4-11-24-12-8-15-26(21-24)27-16-10-18-29(22-27)36-31-23-28(34)17-9-14-25-13-5-6-19-30(25)31/h5-6,8,10,12-13,15-16,18-19,21-23H,4,7,9,11,14,17,20H2,1-3H3/b31-23+. The fraction of sp³-hybridized carbons (Fsp3) is 0.333. The lowest BCUT2D eigenvalue weighted by Crippen LogP contribution is -2.23. The number of ether oxygens (including phenoxy) is 2. The molecule has 0 amide bonds. The number of aryl methyl sites for hydroxylation is 2. The van der Waals surface area contributed by atoms with E-state index in [-0.39, 0.29) is 11.8 Å². The summed E-state index contributed by atoms with van der Waals surface area (Å²) >= 11 is 0. The van der Waals surface area contributed by atoms with Crippen LogP contribution in [0.3, 0.4) is 0 Å². The molecule has 1 aliphatic carbocycles. The van der Waals surface area contributed by atoms with Crippen molar-refractivity contribution in [2.75, 3.05) is 0 Å². The smallest absolute Gasteiger partial charge is 0.306 e. The highest BCUT2D eigenvalue weighted by atomic mass is 16.6. The molecule has 192 valence electrons. The molecule has 0 atom stereocenters. The van der Waals surface area contributed by atoms with Crippen LogP contribution in [0.25, 0.3) is 16.9 Å². The maximum Gasteiger partial charge on any atom is 0.306 e. The van der Waals surface area contributed by atoms with Crippen molar-refractivity contribution in [1.82, 2.24) is 0 Å². The van der Waals surface area contributed by atoms with Crippen molar-refractivity contribution in [3.63, 3.8) is 0 Å². The number of carbonyl (C=O) groups excluding carboxylic acids is 2. The minimum absolute atomic E-state index is 0.0972. The topological polar surface area (TPSA) is 52.6 Å². The average Bonchev–Trinajstić information content (AvgIpc) is 2.85. The minimum Gasteiger partial charge on any atom is -0.460 e. The molecular formula is C33H36O4. The lowest BCUT2D eigenvalue weighted by Gasteiger charge is -2.19. The highest BCUT2D eigenvalue weighted by Crippen LogP contribution is 2.30. The molecule has 0 spiro atoms. The number of esters is 1. The van der Waals surface area contributed by atoms with Crippen molar-refractivity contribution in [3.8, 4) is 16.9 Å². The van der Waals surface area contributed by atoms with E-state index in [1.807, 2.05) is 57.2 Å². The Morgan fingerprint density at radius 2 is 1.62 bits per heavy atom. The average molecular weight is 497 g/mol. The first kappa shape index (κ1) is 26.4. The normalized spacial score (nSPS) is 15.1. The zero-order chi connectivity index (χ0) is 26.3. The summed E-state index contributed by atoms with van der Waals surface area (Å²) in [6.07, 6.45) is 6.97. The number of allylic oxidation sites excluding steroid dienone is 1. The quantitative estimate of drug-likeness (QED) is 0.236. The number of carbonyl (C=O) groups is 2. The number of hydrogen-bond acceptors (Lipinski definition) is 4. The first-order valence-corrected chi connectivity index (χ1v) is 13.2. The third-order valence-electron chi connectivity index (χ3n) is 6.28. The molecule has 0 saturated heterocycles. The van der Waals surface area contributed by atoms with Gasteiger partial charge in [-0.25, -0.2) is 0 Å². The van der Waals surface area contributed by atoms with Gasteiger partial charge in [0, 0.05) is 24.5 Å². The zero-order valence-corrected chi connectivity index (χ0v) is 22.1. The van der Waals surface area contributed by atoms with Crippen molar-refractivity contribution in [1.29, 1.82) is 0 Å². The Morgan fingerprint density at radius 1 is 0.865 bits per heavy atom. The second-order valence-corrected chi connectivity index (χ2v) is 10.6. The van der Waals surface area contributed by atoms with Gasteiger partial charge in [-0.15, -0.1) is 0 Å². The third kappa shape index (κ3) is 7.91. The summed E-state index contributed by atoms with van der Waals surface area (Å²) in [5, 5.41) is 0. The second-order valence-electron chi connectivity index (χ2n) is 10.6. The van der Waals surface area contributed by atoms with Crippen LogP contribution in [0.15, 0.2) is 78.9 Å². The van der Waals surface area contributed by atoms with Gasteiger partial charge in [0.15, 0.2) is 5.78 Å². The van der Waals surface area contributed by atoms with Gasteiger partial charge in [0.05, 0.1) is 0 Å². The Bertz CT molecular complexity index is 1280. The highest BCUT2D eigenvalue weighted by Gasteiger charge is 2.17. The van der Waals surface area contributed by atoms with Gasteiger partial charge in [0.1, 0.15) is 17.1 Å². The Kier molecular flexibility index (Phi) is 8.60. The van der Waals surface area contributed by atoms with Crippen LogP contribution in [0, 0.1) is 0 Å². The molecule has 0 N–H and O–H groups in total. The number of hydrogen-bond donors (Lipinski definition) is 0. The fourth-order valence-electron chi connectivity index (χ4n) is 4.58. The third-order valence-corrected chi connectivity index (χ3v) is 6.28. The molecule has 3 aromatic rings. The van der Waals surface area contributed by atoms with Crippen molar-refractivity contribution in [2.24, 2.45) is 0 Å². The van der Waals surface area contributed by atoms with Gasteiger partial charge in [-0.05, 0) is 87.3 Å². The summed E-state index contributed by atoms with van der Waals surface area (Å²) in [5.74, 6) is 1.27. The number of benzene rings is 3. The summed E-state index contributed by atoms with van der Waals surface area (Å²) in [6.45, 7) is 5.68. The predicted octanol–water partition coefficient (Wildman–Crippen LogP) is 7.73. The van der Waals surface area contributed by atoms with E-state index in [1.165, 1.54) is 11.1 Å². The van der Waals surface area contributed by atoms with Crippen molar-refractivity contribution < 1.29 is 19.1 Å². The monoisotopic (exact) mass is 496 g/mol. The molecule has 0 saturated carbocycles. The summed E-state index contributed by atoms with van der Waals surface area (Å²) in [4.78, 5) is 24.3. The van der Waals surface area contributed by atoms with E-state index in [0.29, 0.717) is 24.4 Å². The maximum absolute atomic E-state index is 12.4. The Balaban J connectivity index is 1.44. The molecule has 3 aromatic carbocycles. The maximum atomic E-state index is 12.4. The van der Waals surface area contributed by atoms with Gasteiger partial charge in [-0.2, -0.15) is 0 Å². The molecule has 1 aliphatic rings. The number of fused-ring (bicyclic) bond motifs is 1. The molecule has 4 rings (SSSR count). The van der Waals surface area contributed by atoms with Crippen LogP contribution < -0.4 is 4.74 Å². The number of ketones is 1. The predicted molar refractivity (Wildman–Crippen MR) is 148 cm³/mol. The summed E-state index contributed by atoms with van der Waals surface area (Å²) in [5.41, 5.74) is 5.15. The zero-order valence-electron chi connectivity index (χ0n) is 22.1. The number of unbranched alkanes of at least 4 members (excludes halogenated alkanes) is 1. The summed E-state index contributed by atoms with van der Waals surface area (Å²) < 4.78 is 11.7. The van der Waals surface area contributed by atoms with Crippen LogP contribution in [0.5, 0.6) is 5.75 Å². The van der Waals surface area contributed by atoms with Gasteiger partial charge in [-0.3, -0.25) is 9.59 Å². The van der Waals surface area contributed by atoms with Crippen LogP contribution in [0.1, 0.15) is 69.6 Å². The van der Waals surface area contributed by atoms with E-state index in [1.54, 1.807) is 6.08 Å². The van der Waals surface area contributed by atoms with Gasteiger partial charge in [0.2, 0.25) is 0 Å². The van der Waals surface area contributed by atoms with Crippen molar-refractivity contribution >= 4 is 17.5 Å². The molecule has 0 bridgehead atoms. The van der Waals surface area contributed by atoms with E-state index in [0.717, 1.165) is 48.8 Å². The Hall–Kier alpha value is -3.66. The van der Waals surface area contributed by atoms with Gasteiger partial charge >= 0.3 is 5.97 Å². The fourth-order valence-corrected chi connectivity index (χ4v) is 4.58. The van der Waals surface area contributed by atoms with Crippen LogP contribution in [-0.2, 0) is 27.2 Å². The van der Waals surface area contributed by atoms with E-state index in [9.17, 15) is 9.59 Å². The van der Waals surface area contributed by atoms with Gasteiger partial charge in [0.25, 0.3) is 0 Å². The molecule has 4 nitrogen and oxygen atoms in total. The lowest BCUT2D eigenvalue weighted by molar-refractivity contribution is -0.154. The molecule has 0 fully saturated rings. The lowest BCUT2D eigenvalue weighted by atomic mass is 9.96. The molecule has 0 aromatic heterocycles. The molecule has 4 heteroatoms. The van der Waals surface area contributed by atoms with Crippen LogP contribution in [-0.4, -0.2) is 17.4 Å². The highest BCUT2D eigenvalue weighted by molar-refractivity contribution is 5.96. The van der Waals surface area contributed by atoms with Gasteiger partial charge in [-0.1, -0.05) is 60.7 Å². The molecule has 37 heavy (non-hydrogen) atoms. The molecule has 0 radical (unpaired) electrons. The van der Waals surface area contributed by atoms with Crippen molar-refractivity contribution in [2.45, 2.75) is 71.3 Å². The molecule has 0 aliphatic heterocycles. The van der Waals surface area contributed by atoms with E-state index >= 15 is 0 Å². The summed E-state index contributed by atoms with van der Waals surface area (Å²) in [7, 11) is 0. The molecular weight excluding hydrogens is 460 g/mol. The first-order chi connectivity index (χ1) is 17.8. The molecule has 0 unspecified atom stereocenters. The van der Waals surface area contributed by atoms with E-state index < -0.39 is 5.60 Å². The van der Waals surface area contributed by atoms with Crippen LogP contribution in [0.4, 0.5) is 0 Å². The number of rotatable bonds is 8. The van der Waals surface area contributed by atoms with Crippen LogP contribution >= 0.6 is 0 Å².